The lowest BCUT2D eigenvalue weighted by Gasteiger charge is -2.14. The number of methoxy groups -OCH3 is 1. The van der Waals surface area contributed by atoms with Crippen LogP contribution in [0.25, 0.3) is 17.0 Å². The summed E-state index contributed by atoms with van der Waals surface area (Å²) in [5, 5.41) is 9.96. The van der Waals surface area contributed by atoms with E-state index in [-0.39, 0.29) is 11.5 Å². The van der Waals surface area contributed by atoms with Gasteiger partial charge >= 0.3 is 5.97 Å². The first-order valence-electron chi connectivity index (χ1n) is 8.52. The Morgan fingerprint density at radius 1 is 1.17 bits per heavy atom. The Bertz CT molecular complexity index is 1190. The largest absolute Gasteiger partial charge is 0.497 e. The number of pyridine rings is 1. The van der Waals surface area contributed by atoms with E-state index in [1.54, 1.807) is 25.3 Å². The molecular formula is C21H14N2O4S2. The predicted octanol–water partition coefficient (Wildman–Crippen LogP) is 4.35. The third-order valence-electron chi connectivity index (χ3n) is 4.36. The maximum atomic E-state index is 12.9. The van der Waals surface area contributed by atoms with Gasteiger partial charge in [0.05, 0.1) is 34.5 Å². The average molecular weight is 422 g/mol. The van der Waals surface area contributed by atoms with Crippen LogP contribution in [0, 0.1) is 0 Å². The van der Waals surface area contributed by atoms with Crippen LogP contribution in [0.5, 0.6) is 5.75 Å². The summed E-state index contributed by atoms with van der Waals surface area (Å²) in [6.45, 7) is 0. The zero-order chi connectivity index (χ0) is 20.5. The summed E-state index contributed by atoms with van der Waals surface area (Å²) in [5.41, 5.74) is 2.11. The Morgan fingerprint density at radius 2 is 1.93 bits per heavy atom. The van der Waals surface area contributed by atoms with Gasteiger partial charge in [-0.25, -0.2) is 9.78 Å². The molecule has 4 rings (SSSR count). The number of carboxylic acids is 1. The summed E-state index contributed by atoms with van der Waals surface area (Å²) in [5.74, 6) is -0.539. The molecule has 1 aliphatic rings. The Labute approximate surface area is 175 Å². The van der Waals surface area contributed by atoms with Gasteiger partial charge < -0.3 is 9.84 Å². The number of anilines is 1. The third kappa shape index (κ3) is 3.72. The molecule has 2 heterocycles. The van der Waals surface area contributed by atoms with Crippen molar-refractivity contribution in [1.29, 1.82) is 0 Å². The summed E-state index contributed by atoms with van der Waals surface area (Å²) in [6, 6.07) is 15.4. The minimum absolute atomic E-state index is 0.145. The van der Waals surface area contributed by atoms with E-state index in [0.717, 1.165) is 16.7 Å². The second-order valence-corrected chi connectivity index (χ2v) is 7.84. The summed E-state index contributed by atoms with van der Waals surface area (Å²) in [4.78, 5) is 30.3. The highest BCUT2D eigenvalue weighted by molar-refractivity contribution is 8.27. The number of hydrogen-bond donors (Lipinski definition) is 1. The number of amides is 1. The number of thiocarbonyl (C=S) groups is 1. The van der Waals surface area contributed by atoms with Crippen molar-refractivity contribution in [2.45, 2.75) is 0 Å². The number of nitrogens with zero attached hydrogens (tertiary/aromatic N) is 2. The van der Waals surface area contributed by atoms with Crippen molar-refractivity contribution in [2.24, 2.45) is 0 Å². The first-order chi connectivity index (χ1) is 14.0. The molecule has 0 bridgehead atoms. The molecule has 1 N–H and O–H groups in total. The molecule has 144 valence electrons. The Hall–Kier alpha value is -3.23. The molecule has 1 aliphatic heterocycles. The fourth-order valence-corrected chi connectivity index (χ4v) is 4.19. The van der Waals surface area contributed by atoms with Crippen molar-refractivity contribution in [3.63, 3.8) is 0 Å². The van der Waals surface area contributed by atoms with Gasteiger partial charge in [-0.05, 0) is 54.6 Å². The molecule has 2 aromatic carbocycles. The second kappa shape index (κ2) is 7.65. The number of hydrogen-bond acceptors (Lipinski definition) is 6. The van der Waals surface area contributed by atoms with Gasteiger partial charge in [0.2, 0.25) is 0 Å². The molecule has 0 unspecified atom stereocenters. The topological polar surface area (TPSA) is 79.7 Å². The van der Waals surface area contributed by atoms with E-state index >= 15 is 0 Å². The lowest BCUT2D eigenvalue weighted by atomic mass is 10.2. The molecule has 29 heavy (non-hydrogen) atoms. The lowest BCUT2D eigenvalue weighted by molar-refractivity contribution is -0.113. The fourth-order valence-electron chi connectivity index (χ4n) is 2.90. The van der Waals surface area contributed by atoms with E-state index in [1.165, 1.54) is 28.8 Å². The Morgan fingerprint density at radius 3 is 2.62 bits per heavy atom. The van der Waals surface area contributed by atoms with E-state index in [9.17, 15) is 9.59 Å². The van der Waals surface area contributed by atoms with Crippen LogP contribution in [0.4, 0.5) is 5.69 Å². The van der Waals surface area contributed by atoms with Gasteiger partial charge in [-0.2, -0.15) is 0 Å². The van der Waals surface area contributed by atoms with Crippen LogP contribution in [0.2, 0.25) is 0 Å². The molecule has 0 aliphatic carbocycles. The Balaban J connectivity index is 1.63. The summed E-state index contributed by atoms with van der Waals surface area (Å²) in [6.07, 6.45) is 1.70. The molecule has 0 radical (unpaired) electrons. The lowest BCUT2D eigenvalue weighted by Crippen LogP contribution is -2.27. The summed E-state index contributed by atoms with van der Waals surface area (Å²) < 4.78 is 5.60. The molecular weight excluding hydrogens is 408 g/mol. The summed E-state index contributed by atoms with van der Waals surface area (Å²) in [7, 11) is 1.61. The van der Waals surface area contributed by atoms with Crippen molar-refractivity contribution >= 4 is 62.8 Å². The third-order valence-corrected chi connectivity index (χ3v) is 5.67. The van der Waals surface area contributed by atoms with Crippen LogP contribution in [0.1, 0.15) is 16.1 Å². The number of rotatable bonds is 4. The van der Waals surface area contributed by atoms with E-state index in [2.05, 4.69) is 4.98 Å². The van der Waals surface area contributed by atoms with Gasteiger partial charge in [-0.3, -0.25) is 9.69 Å². The average Bonchev–Trinajstić information content (AvgIpc) is 3.00. The van der Waals surface area contributed by atoms with Crippen LogP contribution < -0.4 is 9.64 Å². The smallest absolute Gasteiger partial charge is 0.335 e. The highest BCUT2D eigenvalue weighted by atomic mass is 32.2. The number of ether oxygens (including phenoxy) is 1. The number of aromatic carboxylic acids is 1. The monoisotopic (exact) mass is 422 g/mol. The van der Waals surface area contributed by atoms with Crippen molar-refractivity contribution in [3.8, 4) is 5.75 Å². The first-order valence-corrected chi connectivity index (χ1v) is 9.75. The molecule has 1 fully saturated rings. The molecule has 0 spiro atoms. The zero-order valence-corrected chi connectivity index (χ0v) is 16.8. The van der Waals surface area contributed by atoms with Crippen LogP contribution in [-0.4, -0.2) is 33.4 Å². The quantitative estimate of drug-likeness (QED) is 0.495. The van der Waals surface area contributed by atoms with Gasteiger partial charge in [0.15, 0.2) is 4.32 Å². The normalized spacial score (nSPS) is 15.3. The first kappa shape index (κ1) is 19.1. The van der Waals surface area contributed by atoms with Crippen molar-refractivity contribution in [2.75, 3.05) is 12.0 Å². The van der Waals surface area contributed by atoms with Crippen molar-refractivity contribution < 1.29 is 19.4 Å². The minimum atomic E-state index is -1.03. The SMILES string of the molecule is COc1ccc2nc(C=C3SC(=S)N(c4ccc(C(=O)O)cc4)C3=O)ccc2c1. The van der Waals surface area contributed by atoms with E-state index < -0.39 is 5.97 Å². The standard InChI is InChI=1S/C21H14N2O4S2/c1-27-16-8-9-17-13(10-16)2-5-14(22-17)11-18-19(24)23(21(28)29-18)15-6-3-12(4-7-15)20(25)26/h2-11H,1H3,(H,25,26). The van der Waals surface area contributed by atoms with Crippen LogP contribution in [-0.2, 0) is 4.79 Å². The van der Waals surface area contributed by atoms with Crippen LogP contribution in [0.15, 0.2) is 59.5 Å². The maximum absolute atomic E-state index is 12.9. The van der Waals surface area contributed by atoms with Crippen molar-refractivity contribution in [1.82, 2.24) is 4.98 Å². The fraction of sp³-hybridized carbons (Fsp3) is 0.0476. The van der Waals surface area contributed by atoms with Gasteiger partial charge in [-0.1, -0.05) is 30.0 Å². The molecule has 1 aromatic heterocycles. The number of carbonyl (C=O) groups excluding carboxylic acids is 1. The molecule has 8 heteroatoms. The molecule has 3 aromatic rings. The molecule has 1 amide bonds. The highest BCUT2D eigenvalue weighted by Gasteiger charge is 2.33. The van der Waals surface area contributed by atoms with Crippen molar-refractivity contribution in [3.05, 3.63) is 70.8 Å². The zero-order valence-electron chi connectivity index (χ0n) is 15.2. The molecule has 0 atom stereocenters. The highest BCUT2D eigenvalue weighted by Crippen LogP contribution is 2.36. The van der Waals surface area contributed by atoms with Crippen LogP contribution >= 0.6 is 24.0 Å². The van der Waals surface area contributed by atoms with Gasteiger partial charge in [0.1, 0.15) is 5.75 Å². The Kier molecular flexibility index (Phi) is 5.04. The maximum Gasteiger partial charge on any atom is 0.335 e. The van der Waals surface area contributed by atoms with Gasteiger partial charge in [-0.15, -0.1) is 0 Å². The molecule has 6 nitrogen and oxygen atoms in total. The van der Waals surface area contributed by atoms with E-state index in [0.29, 0.717) is 20.6 Å². The molecule has 1 saturated heterocycles. The van der Waals surface area contributed by atoms with Crippen LogP contribution in [0.3, 0.4) is 0 Å². The van der Waals surface area contributed by atoms with Gasteiger partial charge in [0, 0.05) is 5.39 Å². The van der Waals surface area contributed by atoms with E-state index in [1.807, 2.05) is 30.3 Å². The number of carboxylic acid groups (broad SMARTS) is 1. The van der Waals surface area contributed by atoms with E-state index in [4.69, 9.17) is 22.1 Å². The number of fused-ring (bicyclic) bond motifs is 1. The predicted molar refractivity (Wildman–Crippen MR) is 117 cm³/mol. The van der Waals surface area contributed by atoms with Gasteiger partial charge in [0.25, 0.3) is 5.91 Å². The number of thioether (sulfide) groups is 1. The molecule has 0 saturated carbocycles. The second-order valence-electron chi connectivity index (χ2n) is 6.16. The number of aromatic nitrogens is 1. The number of benzene rings is 2. The minimum Gasteiger partial charge on any atom is -0.497 e. The summed E-state index contributed by atoms with van der Waals surface area (Å²) >= 11 is 6.54. The number of carbonyl (C=O) groups is 2.